The topological polar surface area (TPSA) is 59.1 Å². The third kappa shape index (κ3) is 4.22. The molecule has 0 saturated heterocycles. The predicted molar refractivity (Wildman–Crippen MR) is 103 cm³/mol. The minimum atomic E-state index is -0.548. The number of ether oxygens (including phenoxy) is 1. The first kappa shape index (κ1) is 18.8. The van der Waals surface area contributed by atoms with Crippen molar-refractivity contribution in [3.63, 3.8) is 0 Å². The molecule has 2 heterocycles. The second-order valence-corrected chi connectivity index (χ2v) is 6.33. The minimum absolute atomic E-state index is 0.0239. The van der Waals surface area contributed by atoms with Crippen LogP contribution in [0.3, 0.4) is 0 Å². The lowest BCUT2D eigenvalue weighted by atomic mass is 10.1. The average molecular weight is 395 g/mol. The van der Waals surface area contributed by atoms with E-state index in [1.54, 1.807) is 30.5 Å². The third-order valence-electron chi connectivity index (χ3n) is 3.74. The first-order chi connectivity index (χ1) is 12.6. The van der Waals surface area contributed by atoms with E-state index < -0.39 is 5.82 Å². The van der Waals surface area contributed by atoms with Crippen LogP contribution < -0.4 is 10.6 Å². The predicted octanol–water partition coefficient (Wildman–Crippen LogP) is 4.56. The fraction of sp³-hybridized carbons (Fsp3) is 0.222. The highest BCUT2D eigenvalue weighted by molar-refractivity contribution is 6.31. The van der Waals surface area contributed by atoms with Crippen molar-refractivity contribution in [3.8, 4) is 0 Å². The zero-order valence-electron chi connectivity index (χ0n) is 14.0. The molecule has 0 unspecified atom stereocenters. The van der Waals surface area contributed by atoms with Gasteiger partial charge in [0, 0.05) is 18.3 Å². The molecule has 26 heavy (non-hydrogen) atoms. The van der Waals surface area contributed by atoms with E-state index in [4.69, 9.17) is 27.9 Å². The molecule has 3 rings (SSSR count). The molecule has 0 aliphatic heterocycles. The van der Waals surface area contributed by atoms with Crippen LogP contribution in [0.15, 0.2) is 36.5 Å². The number of fused-ring (bicyclic) bond motifs is 1. The molecule has 0 fully saturated rings. The number of nitrogens with zero attached hydrogens (tertiary/aromatic N) is 2. The average Bonchev–Trinajstić information content (AvgIpc) is 2.64. The Labute approximate surface area is 160 Å². The van der Waals surface area contributed by atoms with Crippen molar-refractivity contribution in [2.75, 3.05) is 25.5 Å². The monoisotopic (exact) mass is 394 g/mol. The number of pyridine rings is 2. The normalized spacial score (nSPS) is 11.1. The maximum absolute atomic E-state index is 14.7. The Bertz CT molecular complexity index is 923. The number of halogens is 3. The molecule has 8 heteroatoms. The summed E-state index contributed by atoms with van der Waals surface area (Å²) < 4.78 is 20.3. The molecule has 2 aromatic heterocycles. The molecule has 0 spiro atoms. The molecular weight excluding hydrogens is 378 g/mol. The Kier molecular flexibility index (Phi) is 6.21. The molecule has 0 aliphatic rings. The van der Waals surface area contributed by atoms with E-state index >= 15 is 0 Å². The van der Waals surface area contributed by atoms with Crippen molar-refractivity contribution in [2.45, 2.75) is 6.61 Å². The number of hydrogen-bond donors (Lipinski definition) is 2. The van der Waals surface area contributed by atoms with Crippen LogP contribution in [0.5, 0.6) is 0 Å². The summed E-state index contributed by atoms with van der Waals surface area (Å²) in [5.41, 5.74) is 2.66. The maximum atomic E-state index is 14.7. The van der Waals surface area contributed by atoms with E-state index in [1.807, 2.05) is 7.05 Å². The van der Waals surface area contributed by atoms with E-state index in [2.05, 4.69) is 20.6 Å². The summed E-state index contributed by atoms with van der Waals surface area (Å²) in [7, 11) is 1.84. The van der Waals surface area contributed by atoms with Crippen molar-refractivity contribution < 1.29 is 9.13 Å². The van der Waals surface area contributed by atoms with Crippen LogP contribution in [-0.2, 0) is 11.3 Å². The largest absolute Gasteiger partial charge is 0.375 e. The van der Waals surface area contributed by atoms with Gasteiger partial charge in [-0.2, -0.15) is 0 Å². The summed E-state index contributed by atoms with van der Waals surface area (Å²) in [6.45, 7) is 1.46. The van der Waals surface area contributed by atoms with Crippen LogP contribution in [0.4, 0.5) is 15.8 Å². The third-order valence-corrected chi connectivity index (χ3v) is 4.25. The molecule has 0 bridgehead atoms. The molecule has 5 nitrogen and oxygen atoms in total. The van der Waals surface area contributed by atoms with Crippen LogP contribution in [0.25, 0.3) is 11.0 Å². The lowest BCUT2D eigenvalue weighted by Crippen LogP contribution is -2.14. The summed E-state index contributed by atoms with van der Waals surface area (Å²) in [6.07, 6.45) is 1.62. The second-order valence-electron chi connectivity index (χ2n) is 5.54. The first-order valence-corrected chi connectivity index (χ1v) is 8.73. The molecule has 0 saturated carbocycles. The van der Waals surface area contributed by atoms with Crippen molar-refractivity contribution in [3.05, 3.63) is 58.1 Å². The Balaban J connectivity index is 1.96. The molecule has 136 valence electrons. The van der Waals surface area contributed by atoms with Gasteiger partial charge in [0.2, 0.25) is 0 Å². The Morgan fingerprint density at radius 1 is 1.15 bits per heavy atom. The number of anilines is 2. The molecular formula is C18H17Cl2FN4O. The van der Waals surface area contributed by atoms with Gasteiger partial charge in [-0.05, 0) is 31.3 Å². The van der Waals surface area contributed by atoms with E-state index in [0.29, 0.717) is 40.6 Å². The van der Waals surface area contributed by atoms with Gasteiger partial charge < -0.3 is 15.4 Å². The van der Waals surface area contributed by atoms with Crippen LogP contribution >= 0.6 is 23.2 Å². The van der Waals surface area contributed by atoms with Gasteiger partial charge in [-0.1, -0.05) is 29.3 Å². The summed E-state index contributed by atoms with van der Waals surface area (Å²) in [5, 5.41) is 6.42. The van der Waals surface area contributed by atoms with Crippen LogP contribution in [-0.4, -0.2) is 30.2 Å². The van der Waals surface area contributed by atoms with Gasteiger partial charge in [0.05, 0.1) is 35.1 Å². The Morgan fingerprint density at radius 3 is 2.81 bits per heavy atom. The summed E-state index contributed by atoms with van der Waals surface area (Å²) in [6, 6.07) is 8.36. The van der Waals surface area contributed by atoms with Gasteiger partial charge in [0.15, 0.2) is 5.82 Å². The fourth-order valence-electron chi connectivity index (χ4n) is 2.44. The van der Waals surface area contributed by atoms with Gasteiger partial charge in [-0.3, -0.25) is 4.98 Å². The van der Waals surface area contributed by atoms with Gasteiger partial charge >= 0.3 is 0 Å². The number of nitrogens with one attached hydrogen (secondary N) is 2. The summed E-state index contributed by atoms with van der Waals surface area (Å²) >= 11 is 12.0. The highest BCUT2D eigenvalue weighted by Crippen LogP contribution is 2.32. The number of rotatable bonds is 7. The molecule has 2 N–H and O–H groups in total. The molecule has 1 aromatic carbocycles. The fourth-order valence-corrected chi connectivity index (χ4v) is 2.74. The van der Waals surface area contributed by atoms with Crippen molar-refractivity contribution in [1.29, 1.82) is 0 Å². The van der Waals surface area contributed by atoms with Crippen LogP contribution in [0, 0.1) is 5.82 Å². The van der Waals surface area contributed by atoms with Gasteiger partial charge in [0.25, 0.3) is 0 Å². The van der Waals surface area contributed by atoms with Gasteiger partial charge in [-0.15, -0.1) is 0 Å². The molecule has 0 radical (unpaired) electrons. The van der Waals surface area contributed by atoms with Gasteiger partial charge in [-0.25, -0.2) is 9.37 Å². The quantitative estimate of drug-likeness (QED) is 0.454. The number of hydrogen-bond acceptors (Lipinski definition) is 5. The molecule has 3 aromatic rings. The zero-order valence-corrected chi connectivity index (χ0v) is 15.5. The number of aromatic nitrogens is 2. The lowest BCUT2D eigenvalue weighted by molar-refractivity contribution is 0.124. The Hall–Kier alpha value is -1.99. The lowest BCUT2D eigenvalue weighted by Gasteiger charge is -2.15. The van der Waals surface area contributed by atoms with Gasteiger partial charge in [0.1, 0.15) is 10.7 Å². The molecule has 0 amide bonds. The van der Waals surface area contributed by atoms with Crippen LogP contribution in [0.1, 0.15) is 5.56 Å². The van der Waals surface area contributed by atoms with Crippen LogP contribution in [0.2, 0.25) is 10.2 Å². The molecule has 0 aliphatic carbocycles. The standard InChI is InChI=1S/C18H17Cl2FN4O/c1-22-8-9-26-10-11-2-3-12(19)16(21)17(11)24-14-6-7-23-13-4-5-15(20)25-18(13)14/h2-7,22H,8-10H2,1H3,(H,23,24). The smallest absolute Gasteiger partial charge is 0.165 e. The van der Waals surface area contributed by atoms with E-state index in [1.165, 1.54) is 6.07 Å². The highest BCUT2D eigenvalue weighted by atomic mass is 35.5. The highest BCUT2D eigenvalue weighted by Gasteiger charge is 2.15. The minimum Gasteiger partial charge on any atom is -0.375 e. The molecule has 0 atom stereocenters. The van der Waals surface area contributed by atoms with E-state index in [-0.39, 0.29) is 17.3 Å². The Morgan fingerprint density at radius 2 is 2.00 bits per heavy atom. The number of benzene rings is 1. The van der Waals surface area contributed by atoms with Crippen molar-refractivity contribution >= 4 is 45.6 Å². The second kappa shape index (κ2) is 8.60. The van der Waals surface area contributed by atoms with E-state index in [0.717, 1.165) is 0 Å². The SMILES string of the molecule is CNCCOCc1ccc(Cl)c(F)c1Nc1ccnc2ccc(Cl)nc12. The number of likely N-dealkylation sites (N-methyl/N-ethyl adjacent to an activating group) is 1. The maximum Gasteiger partial charge on any atom is 0.165 e. The summed E-state index contributed by atoms with van der Waals surface area (Å²) in [4.78, 5) is 8.53. The van der Waals surface area contributed by atoms with Crippen molar-refractivity contribution in [2.24, 2.45) is 0 Å². The van der Waals surface area contributed by atoms with Crippen molar-refractivity contribution in [1.82, 2.24) is 15.3 Å². The zero-order chi connectivity index (χ0) is 18.5. The van der Waals surface area contributed by atoms with E-state index in [9.17, 15) is 4.39 Å². The first-order valence-electron chi connectivity index (χ1n) is 7.97. The summed E-state index contributed by atoms with van der Waals surface area (Å²) in [5.74, 6) is -0.548.